The Kier molecular flexibility index (Phi) is 3.75. The van der Waals surface area contributed by atoms with E-state index in [0.717, 1.165) is 35.3 Å². The Labute approximate surface area is 134 Å². The van der Waals surface area contributed by atoms with Gasteiger partial charge in [-0.05, 0) is 54.8 Å². The van der Waals surface area contributed by atoms with Crippen molar-refractivity contribution in [2.45, 2.75) is 20.3 Å². The van der Waals surface area contributed by atoms with E-state index in [0.29, 0.717) is 10.6 Å². The van der Waals surface area contributed by atoms with Crippen molar-refractivity contribution in [1.29, 1.82) is 0 Å². The van der Waals surface area contributed by atoms with Gasteiger partial charge in [0.2, 0.25) is 5.91 Å². The van der Waals surface area contributed by atoms with Gasteiger partial charge >= 0.3 is 0 Å². The van der Waals surface area contributed by atoms with Crippen molar-refractivity contribution in [3.63, 3.8) is 0 Å². The summed E-state index contributed by atoms with van der Waals surface area (Å²) in [5.74, 6) is 0.0740. The van der Waals surface area contributed by atoms with Crippen LogP contribution in [0.15, 0.2) is 36.4 Å². The molecule has 4 heteroatoms. The first-order valence-electron chi connectivity index (χ1n) is 7.19. The van der Waals surface area contributed by atoms with Gasteiger partial charge in [0, 0.05) is 35.3 Å². The predicted molar refractivity (Wildman–Crippen MR) is 88.6 cm³/mol. The monoisotopic (exact) mass is 313 g/mol. The molecule has 0 aliphatic carbocycles. The van der Waals surface area contributed by atoms with Crippen molar-refractivity contribution >= 4 is 29.0 Å². The molecule has 3 nitrogen and oxygen atoms in total. The molecule has 112 valence electrons. The molecule has 0 fully saturated rings. The molecular formula is C18H16ClNO2. The third-order valence-corrected chi connectivity index (χ3v) is 4.37. The molecule has 2 aromatic rings. The zero-order valence-electron chi connectivity index (χ0n) is 12.5. The number of Topliss-reactive ketones (excluding diaryl/α,β-unsaturated/α-hetero) is 1. The lowest BCUT2D eigenvalue weighted by Gasteiger charge is -2.15. The van der Waals surface area contributed by atoms with E-state index >= 15 is 0 Å². The van der Waals surface area contributed by atoms with E-state index in [4.69, 9.17) is 11.6 Å². The van der Waals surface area contributed by atoms with Gasteiger partial charge in [-0.15, -0.1) is 0 Å². The Balaban J connectivity index is 2.06. The zero-order valence-corrected chi connectivity index (χ0v) is 13.3. The summed E-state index contributed by atoms with van der Waals surface area (Å²) in [6, 6.07) is 11.3. The van der Waals surface area contributed by atoms with E-state index in [9.17, 15) is 9.59 Å². The molecule has 0 atom stereocenters. The van der Waals surface area contributed by atoms with Crippen LogP contribution >= 0.6 is 11.6 Å². The van der Waals surface area contributed by atoms with Gasteiger partial charge in [-0.2, -0.15) is 0 Å². The smallest absolute Gasteiger partial charge is 0.223 e. The Morgan fingerprint density at radius 2 is 1.86 bits per heavy atom. The van der Waals surface area contributed by atoms with Crippen molar-refractivity contribution in [2.24, 2.45) is 0 Å². The number of nitrogens with zero attached hydrogens (tertiary/aromatic N) is 1. The third kappa shape index (κ3) is 2.53. The Morgan fingerprint density at radius 1 is 1.09 bits per heavy atom. The van der Waals surface area contributed by atoms with E-state index in [1.165, 1.54) is 0 Å². The third-order valence-electron chi connectivity index (χ3n) is 4.04. The minimum absolute atomic E-state index is 0.0156. The number of hydrogen-bond donors (Lipinski definition) is 0. The molecule has 2 aromatic carbocycles. The second-order valence-corrected chi connectivity index (χ2v) is 5.92. The number of rotatable bonds is 2. The molecule has 0 spiro atoms. The topological polar surface area (TPSA) is 37.4 Å². The van der Waals surface area contributed by atoms with E-state index in [-0.39, 0.29) is 11.7 Å². The minimum atomic E-state index is 0.0156. The lowest BCUT2D eigenvalue weighted by Crippen LogP contribution is -2.25. The minimum Gasteiger partial charge on any atom is -0.312 e. The van der Waals surface area contributed by atoms with Crippen molar-refractivity contribution in [3.8, 4) is 11.1 Å². The number of ketones is 1. The van der Waals surface area contributed by atoms with Gasteiger partial charge < -0.3 is 4.90 Å². The van der Waals surface area contributed by atoms with E-state index in [1.807, 2.05) is 18.2 Å². The van der Waals surface area contributed by atoms with E-state index in [2.05, 4.69) is 6.07 Å². The van der Waals surface area contributed by atoms with Crippen LogP contribution in [0.4, 0.5) is 5.69 Å². The fourth-order valence-corrected chi connectivity index (χ4v) is 3.09. The highest BCUT2D eigenvalue weighted by Crippen LogP contribution is 2.35. The molecule has 1 aliphatic heterocycles. The lowest BCUT2D eigenvalue weighted by atomic mass is 9.99. The average Bonchev–Trinajstić information content (AvgIpc) is 2.90. The molecule has 0 bridgehead atoms. The number of carbonyl (C=O) groups is 2. The van der Waals surface area contributed by atoms with Crippen molar-refractivity contribution < 1.29 is 9.59 Å². The van der Waals surface area contributed by atoms with Crippen molar-refractivity contribution in [2.75, 3.05) is 11.4 Å². The zero-order chi connectivity index (χ0) is 15.9. The van der Waals surface area contributed by atoms with Gasteiger partial charge in [0.25, 0.3) is 0 Å². The highest BCUT2D eigenvalue weighted by Gasteiger charge is 2.22. The number of halogens is 1. The number of fused-ring (bicyclic) bond motifs is 1. The Morgan fingerprint density at radius 3 is 2.55 bits per heavy atom. The van der Waals surface area contributed by atoms with E-state index < -0.39 is 0 Å². The summed E-state index contributed by atoms with van der Waals surface area (Å²) in [6.45, 7) is 3.84. The van der Waals surface area contributed by atoms with Gasteiger partial charge in [-0.1, -0.05) is 17.7 Å². The Bertz CT molecular complexity index is 783. The first kappa shape index (κ1) is 14.8. The first-order chi connectivity index (χ1) is 10.5. The molecule has 0 N–H and O–H groups in total. The van der Waals surface area contributed by atoms with Crippen LogP contribution in [-0.4, -0.2) is 18.2 Å². The van der Waals surface area contributed by atoms with Crippen LogP contribution in [0, 0.1) is 0 Å². The summed E-state index contributed by atoms with van der Waals surface area (Å²) in [7, 11) is 0. The number of benzene rings is 2. The molecule has 1 aliphatic rings. The molecule has 0 saturated carbocycles. The largest absolute Gasteiger partial charge is 0.312 e. The summed E-state index contributed by atoms with van der Waals surface area (Å²) in [5.41, 5.74) is 4.56. The van der Waals surface area contributed by atoms with Gasteiger partial charge in [-0.25, -0.2) is 0 Å². The number of hydrogen-bond acceptors (Lipinski definition) is 2. The van der Waals surface area contributed by atoms with Crippen molar-refractivity contribution in [3.05, 3.63) is 52.5 Å². The number of anilines is 1. The van der Waals surface area contributed by atoms with Gasteiger partial charge in [-0.3, -0.25) is 9.59 Å². The summed E-state index contributed by atoms with van der Waals surface area (Å²) < 4.78 is 0. The first-order valence-corrected chi connectivity index (χ1v) is 7.57. The van der Waals surface area contributed by atoms with Crippen LogP contribution < -0.4 is 4.90 Å². The average molecular weight is 314 g/mol. The van der Waals surface area contributed by atoms with Crippen LogP contribution in [0.2, 0.25) is 5.02 Å². The Hall–Kier alpha value is -2.13. The quantitative estimate of drug-likeness (QED) is 0.782. The summed E-state index contributed by atoms with van der Waals surface area (Å²) >= 11 is 6.29. The summed E-state index contributed by atoms with van der Waals surface area (Å²) in [4.78, 5) is 24.9. The van der Waals surface area contributed by atoms with Crippen LogP contribution in [-0.2, 0) is 11.2 Å². The maximum Gasteiger partial charge on any atom is 0.223 e. The van der Waals surface area contributed by atoms with Crippen LogP contribution in [0.25, 0.3) is 11.1 Å². The maximum atomic E-state index is 11.6. The second kappa shape index (κ2) is 5.58. The van der Waals surface area contributed by atoms with Crippen molar-refractivity contribution in [1.82, 2.24) is 0 Å². The highest BCUT2D eigenvalue weighted by molar-refractivity contribution is 6.33. The molecule has 0 saturated heterocycles. The number of carbonyl (C=O) groups excluding carboxylic acids is 2. The number of amides is 1. The normalized spacial score (nSPS) is 13.1. The van der Waals surface area contributed by atoms with Gasteiger partial charge in [0.15, 0.2) is 5.78 Å². The van der Waals surface area contributed by atoms with Gasteiger partial charge in [0.1, 0.15) is 0 Å². The molecule has 1 heterocycles. The molecule has 1 amide bonds. The van der Waals surface area contributed by atoms with Crippen LogP contribution in [0.3, 0.4) is 0 Å². The molecule has 0 radical (unpaired) electrons. The molecule has 0 unspecified atom stereocenters. The fraction of sp³-hybridized carbons (Fsp3) is 0.222. The fourth-order valence-electron chi connectivity index (χ4n) is 2.86. The predicted octanol–water partition coefficient (Wildman–Crippen LogP) is 4.12. The lowest BCUT2D eigenvalue weighted by molar-refractivity contribution is -0.116. The van der Waals surface area contributed by atoms with Gasteiger partial charge in [0.05, 0.1) is 0 Å². The molecular weight excluding hydrogens is 298 g/mol. The maximum absolute atomic E-state index is 11.6. The standard InChI is InChI=1S/C18H16ClNO2/c1-11(21)13-3-5-17(19)16(10-13)14-4-6-18-15(9-14)7-8-20(18)12(2)22/h3-6,9-10H,7-8H2,1-2H3. The molecule has 22 heavy (non-hydrogen) atoms. The summed E-state index contributed by atoms with van der Waals surface area (Å²) in [5, 5.41) is 0.617. The summed E-state index contributed by atoms with van der Waals surface area (Å²) in [6.07, 6.45) is 0.840. The van der Waals surface area contributed by atoms with Crippen LogP contribution in [0.5, 0.6) is 0 Å². The molecule has 0 aromatic heterocycles. The molecule has 3 rings (SSSR count). The highest BCUT2D eigenvalue weighted by atomic mass is 35.5. The van der Waals surface area contributed by atoms with Crippen LogP contribution in [0.1, 0.15) is 29.8 Å². The van der Waals surface area contributed by atoms with E-state index in [1.54, 1.807) is 30.9 Å². The SMILES string of the molecule is CC(=O)c1ccc(Cl)c(-c2ccc3c(c2)CCN3C(C)=O)c1. The second-order valence-electron chi connectivity index (χ2n) is 5.51.